The maximum absolute atomic E-state index is 11.8. The van der Waals surface area contributed by atoms with Gasteiger partial charge >= 0.3 is 5.97 Å². The first-order chi connectivity index (χ1) is 10.4. The Labute approximate surface area is 132 Å². The van der Waals surface area contributed by atoms with Gasteiger partial charge in [-0.15, -0.1) is 11.8 Å². The van der Waals surface area contributed by atoms with Gasteiger partial charge in [-0.25, -0.2) is 4.79 Å². The fraction of sp³-hybridized carbons (Fsp3) is 0.429. The van der Waals surface area contributed by atoms with Crippen molar-refractivity contribution < 1.29 is 19.6 Å². The zero-order valence-corrected chi connectivity index (χ0v) is 13.0. The highest BCUT2D eigenvalue weighted by Gasteiger charge is 2.19. The minimum Gasteiger partial charge on any atom is -0.480 e. The molecule has 1 atom stereocenters. The van der Waals surface area contributed by atoms with Gasteiger partial charge in [0.2, 0.25) is 5.91 Å². The monoisotopic (exact) mass is 326 g/mol. The van der Waals surface area contributed by atoms with Crippen molar-refractivity contribution in [3.63, 3.8) is 0 Å². The third-order valence-corrected chi connectivity index (χ3v) is 3.91. The van der Waals surface area contributed by atoms with Crippen LogP contribution in [0, 0.1) is 10.1 Å². The standard InChI is InChI=1S/C14H18N2O5S/c1-2-3-4-12(14(18)19)15-13(17)9-22-11-7-5-10(6-8-11)16(20)21/h5-8,12H,2-4,9H2,1H3,(H,15,17)(H,18,19). The van der Waals surface area contributed by atoms with E-state index in [0.717, 1.165) is 12.8 Å². The fourth-order valence-electron chi connectivity index (χ4n) is 1.71. The molecule has 7 nitrogen and oxygen atoms in total. The summed E-state index contributed by atoms with van der Waals surface area (Å²) in [4.78, 5) is 33.5. The van der Waals surface area contributed by atoms with Crippen LogP contribution < -0.4 is 5.32 Å². The molecule has 2 N–H and O–H groups in total. The molecule has 1 aromatic carbocycles. The summed E-state index contributed by atoms with van der Waals surface area (Å²) in [6, 6.07) is 4.97. The number of amides is 1. The van der Waals surface area contributed by atoms with Crippen LogP contribution in [-0.2, 0) is 9.59 Å². The zero-order chi connectivity index (χ0) is 16.5. The lowest BCUT2D eigenvalue weighted by Crippen LogP contribution is -2.41. The van der Waals surface area contributed by atoms with E-state index < -0.39 is 16.9 Å². The van der Waals surface area contributed by atoms with Crippen molar-refractivity contribution in [3.05, 3.63) is 34.4 Å². The smallest absolute Gasteiger partial charge is 0.326 e. The minimum absolute atomic E-state index is 0.0145. The van der Waals surface area contributed by atoms with Crippen LogP contribution >= 0.6 is 11.8 Å². The molecule has 0 aliphatic carbocycles. The molecule has 1 aromatic rings. The number of aliphatic carboxylic acids is 1. The predicted molar refractivity (Wildman–Crippen MR) is 82.9 cm³/mol. The van der Waals surface area contributed by atoms with Gasteiger partial charge in [-0.3, -0.25) is 14.9 Å². The Morgan fingerprint density at radius 1 is 1.36 bits per heavy atom. The molecular weight excluding hydrogens is 308 g/mol. The number of non-ortho nitro benzene ring substituents is 1. The van der Waals surface area contributed by atoms with Crippen molar-refractivity contribution in [3.8, 4) is 0 Å². The lowest BCUT2D eigenvalue weighted by Gasteiger charge is -2.13. The van der Waals surface area contributed by atoms with E-state index >= 15 is 0 Å². The molecule has 120 valence electrons. The molecule has 0 saturated carbocycles. The van der Waals surface area contributed by atoms with Crippen molar-refractivity contribution in [2.24, 2.45) is 0 Å². The van der Waals surface area contributed by atoms with Gasteiger partial charge in [-0.2, -0.15) is 0 Å². The number of carbonyl (C=O) groups excluding carboxylic acids is 1. The molecule has 0 fully saturated rings. The van der Waals surface area contributed by atoms with E-state index in [1.165, 1.54) is 23.9 Å². The zero-order valence-electron chi connectivity index (χ0n) is 12.2. The molecule has 0 heterocycles. The Kier molecular flexibility index (Phi) is 7.38. The average Bonchev–Trinajstić information content (AvgIpc) is 2.49. The van der Waals surface area contributed by atoms with Gasteiger partial charge in [0, 0.05) is 17.0 Å². The van der Waals surface area contributed by atoms with Gasteiger partial charge in [0.1, 0.15) is 6.04 Å². The number of rotatable bonds is 9. The van der Waals surface area contributed by atoms with E-state index in [9.17, 15) is 19.7 Å². The number of nitrogens with zero attached hydrogens (tertiary/aromatic N) is 1. The molecule has 0 aromatic heterocycles. The van der Waals surface area contributed by atoms with Crippen LogP contribution in [0.4, 0.5) is 5.69 Å². The van der Waals surface area contributed by atoms with Gasteiger partial charge < -0.3 is 10.4 Å². The first kappa shape index (κ1) is 18.0. The third-order valence-electron chi connectivity index (χ3n) is 2.90. The van der Waals surface area contributed by atoms with Crippen LogP contribution in [0.3, 0.4) is 0 Å². The Balaban J connectivity index is 2.47. The lowest BCUT2D eigenvalue weighted by atomic mass is 10.1. The van der Waals surface area contributed by atoms with Crippen LogP contribution in [0.5, 0.6) is 0 Å². The first-order valence-corrected chi connectivity index (χ1v) is 7.82. The summed E-state index contributed by atoms with van der Waals surface area (Å²) >= 11 is 1.20. The van der Waals surface area contributed by atoms with Crippen LogP contribution in [0.25, 0.3) is 0 Å². The molecule has 0 saturated heterocycles. The number of hydrogen-bond acceptors (Lipinski definition) is 5. The van der Waals surface area contributed by atoms with Gasteiger partial charge in [0.15, 0.2) is 0 Å². The number of unbranched alkanes of at least 4 members (excludes halogenated alkanes) is 1. The van der Waals surface area contributed by atoms with Crippen LogP contribution in [0.2, 0.25) is 0 Å². The summed E-state index contributed by atoms with van der Waals surface area (Å²) in [5.41, 5.74) is -0.0145. The highest BCUT2D eigenvalue weighted by Crippen LogP contribution is 2.21. The molecule has 0 radical (unpaired) electrons. The number of nitro benzene ring substituents is 1. The van der Waals surface area contributed by atoms with Gasteiger partial charge in [0.25, 0.3) is 5.69 Å². The van der Waals surface area contributed by atoms with Crippen LogP contribution in [0.1, 0.15) is 26.2 Å². The highest BCUT2D eigenvalue weighted by atomic mass is 32.2. The molecule has 0 aliphatic heterocycles. The SMILES string of the molecule is CCCCC(NC(=O)CSc1ccc([N+](=O)[O-])cc1)C(=O)O. The normalized spacial score (nSPS) is 11.7. The fourth-order valence-corrected chi connectivity index (χ4v) is 2.42. The van der Waals surface area contributed by atoms with Crippen molar-refractivity contribution >= 4 is 29.3 Å². The molecular formula is C14H18N2O5S. The summed E-state index contributed by atoms with van der Waals surface area (Å²) in [7, 11) is 0. The number of carbonyl (C=O) groups is 2. The number of nitro groups is 1. The maximum Gasteiger partial charge on any atom is 0.326 e. The second-order valence-electron chi connectivity index (χ2n) is 4.64. The first-order valence-electron chi connectivity index (χ1n) is 6.83. The second-order valence-corrected chi connectivity index (χ2v) is 5.69. The molecule has 22 heavy (non-hydrogen) atoms. The van der Waals surface area contributed by atoms with Crippen molar-refractivity contribution in [1.82, 2.24) is 5.32 Å². The van der Waals surface area contributed by atoms with Crippen molar-refractivity contribution in [2.75, 3.05) is 5.75 Å². The molecule has 8 heteroatoms. The van der Waals surface area contributed by atoms with E-state index in [1.807, 2.05) is 6.92 Å². The van der Waals surface area contributed by atoms with E-state index in [1.54, 1.807) is 12.1 Å². The summed E-state index contributed by atoms with van der Waals surface area (Å²) in [5.74, 6) is -1.35. The number of carboxylic acids is 1. The van der Waals surface area contributed by atoms with Crippen molar-refractivity contribution in [2.45, 2.75) is 37.1 Å². The largest absolute Gasteiger partial charge is 0.480 e. The number of benzene rings is 1. The summed E-state index contributed by atoms with van der Waals surface area (Å²) in [6.45, 7) is 1.95. The number of carboxylic acid groups (broad SMARTS) is 1. The average molecular weight is 326 g/mol. The van der Waals surface area contributed by atoms with Crippen LogP contribution in [-0.4, -0.2) is 33.7 Å². The number of thioether (sulfide) groups is 1. The summed E-state index contributed by atoms with van der Waals surface area (Å²) in [6.07, 6.45) is 1.99. The number of hydrogen-bond donors (Lipinski definition) is 2. The maximum atomic E-state index is 11.8. The van der Waals surface area contributed by atoms with Gasteiger partial charge in [0.05, 0.1) is 10.7 Å². The molecule has 1 rings (SSSR count). The molecule has 1 amide bonds. The van der Waals surface area contributed by atoms with Gasteiger partial charge in [-0.1, -0.05) is 19.8 Å². The Morgan fingerprint density at radius 3 is 2.50 bits per heavy atom. The lowest BCUT2D eigenvalue weighted by molar-refractivity contribution is -0.384. The minimum atomic E-state index is -1.04. The van der Waals surface area contributed by atoms with E-state index in [-0.39, 0.29) is 17.3 Å². The topological polar surface area (TPSA) is 110 Å². The molecule has 0 spiro atoms. The molecule has 0 bridgehead atoms. The summed E-state index contributed by atoms with van der Waals surface area (Å²) in [5, 5.41) is 22.0. The van der Waals surface area contributed by atoms with E-state index in [0.29, 0.717) is 11.3 Å². The summed E-state index contributed by atoms with van der Waals surface area (Å²) < 4.78 is 0. The Bertz CT molecular complexity index is 533. The van der Waals surface area contributed by atoms with E-state index in [2.05, 4.69) is 5.32 Å². The van der Waals surface area contributed by atoms with Gasteiger partial charge in [-0.05, 0) is 18.6 Å². The second kappa shape index (κ2) is 9.04. The number of nitrogens with one attached hydrogen (secondary N) is 1. The van der Waals surface area contributed by atoms with Crippen LogP contribution in [0.15, 0.2) is 29.2 Å². The third kappa shape index (κ3) is 6.13. The van der Waals surface area contributed by atoms with E-state index in [4.69, 9.17) is 5.11 Å². The highest BCUT2D eigenvalue weighted by molar-refractivity contribution is 8.00. The predicted octanol–water partition coefficient (Wildman–Crippen LogP) is 2.45. The molecule has 0 aliphatic rings. The Hall–Kier alpha value is -2.09. The van der Waals surface area contributed by atoms with Crippen molar-refractivity contribution in [1.29, 1.82) is 0 Å². The molecule has 1 unspecified atom stereocenters. The Morgan fingerprint density at radius 2 is 2.00 bits per heavy atom. The quantitative estimate of drug-likeness (QED) is 0.410.